The van der Waals surface area contributed by atoms with Crippen LogP contribution in [0.1, 0.15) is 29.8 Å². The Kier molecular flexibility index (Phi) is 4.81. The monoisotopic (exact) mass is 422 g/mol. The molecule has 3 heterocycles. The third-order valence-corrected chi connectivity index (χ3v) is 5.96. The third-order valence-electron chi connectivity index (χ3n) is 5.96. The summed E-state index contributed by atoms with van der Waals surface area (Å²) in [5.74, 6) is 0.327. The Bertz CT molecular complexity index is 1200. The second kappa shape index (κ2) is 7.65. The molecule has 0 aliphatic carbocycles. The highest BCUT2D eigenvalue weighted by molar-refractivity contribution is 5.93. The summed E-state index contributed by atoms with van der Waals surface area (Å²) in [7, 11) is 1.50. The minimum Gasteiger partial charge on any atom is -0.497 e. The van der Waals surface area contributed by atoms with Gasteiger partial charge in [-0.3, -0.25) is 4.79 Å². The van der Waals surface area contributed by atoms with Crippen molar-refractivity contribution in [3.8, 4) is 5.75 Å². The number of benzene rings is 2. The van der Waals surface area contributed by atoms with Crippen LogP contribution >= 0.6 is 0 Å². The number of hydrogen-bond acceptors (Lipinski definition) is 4. The molecule has 1 aromatic heterocycles. The fourth-order valence-electron chi connectivity index (χ4n) is 4.49. The van der Waals surface area contributed by atoms with E-state index in [1.165, 1.54) is 13.2 Å². The summed E-state index contributed by atoms with van der Waals surface area (Å²) in [5.41, 5.74) is 3.29. The highest BCUT2D eigenvalue weighted by Crippen LogP contribution is 2.40. The van der Waals surface area contributed by atoms with Crippen LogP contribution in [0.2, 0.25) is 0 Å². The van der Waals surface area contributed by atoms with E-state index in [-0.39, 0.29) is 11.7 Å². The van der Waals surface area contributed by atoms with E-state index in [1.54, 1.807) is 24.0 Å². The van der Waals surface area contributed by atoms with Gasteiger partial charge in [0.1, 0.15) is 36.6 Å². The van der Waals surface area contributed by atoms with E-state index in [1.807, 2.05) is 24.3 Å². The second-order valence-electron chi connectivity index (χ2n) is 7.68. The van der Waals surface area contributed by atoms with Gasteiger partial charge >= 0.3 is 0 Å². The van der Waals surface area contributed by atoms with E-state index in [2.05, 4.69) is 4.98 Å². The van der Waals surface area contributed by atoms with Gasteiger partial charge in [0.25, 0.3) is 5.91 Å². The number of para-hydroxylation sites is 1. The van der Waals surface area contributed by atoms with Crippen LogP contribution < -0.4 is 4.74 Å². The minimum absolute atomic E-state index is 0.185. The van der Waals surface area contributed by atoms with Gasteiger partial charge in [-0.1, -0.05) is 18.2 Å². The van der Waals surface area contributed by atoms with E-state index >= 15 is 4.39 Å². The quantitative estimate of drug-likeness (QED) is 0.691. The highest BCUT2D eigenvalue weighted by atomic mass is 19.1. The minimum atomic E-state index is -0.625. The Balaban J connectivity index is 1.67. The van der Waals surface area contributed by atoms with Crippen molar-refractivity contribution < 1.29 is 23.4 Å². The molecule has 2 aliphatic rings. The first kappa shape index (κ1) is 19.5. The Hall–Kier alpha value is -3.48. The largest absolute Gasteiger partial charge is 0.497 e. The molecule has 7 heteroatoms. The first-order valence-corrected chi connectivity index (χ1v) is 10.3. The zero-order valence-electron chi connectivity index (χ0n) is 17.4. The van der Waals surface area contributed by atoms with Crippen molar-refractivity contribution in [2.45, 2.75) is 19.4 Å². The molecule has 0 spiro atoms. The molecule has 0 fully saturated rings. The molecule has 0 saturated heterocycles. The number of carbonyl (C=O) groups is 1. The average molecular weight is 422 g/mol. The molecule has 0 bridgehead atoms. The van der Waals surface area contributed by atoms with Gasteiger partial charge in [0, 0.05) is 34.8 Å². The lowest BCUT2D eigenvalue weighted by atomic mass is 9.91. The molecule has 2 aliphatic heterocycles. The van der Waals surface area contributed by atoms with Crippen molar-refractivity contribution in [2.24, 2.45) is 0 Å². The van der Waals surface area contributed by atoms with E-state index in [0.717, 1.165) is 22.2 Å². The van der Waals surface area contributed by atoms with Crippen LogP contribution in [0.3, 0.4) is 0 Å². The summed E-state index contributed by atoms with van der Waals surface area (Å²) in [6.07, 6.45) is 0.659. The van der Waals surface area contributed by atoms with Crippen LogP contribution in [0.15, 0.2) is 54.0 Å². The van der Waals surface area contributed by atoms with E-state index in [0.29, 0.717) is 43.3 Å². The number of hydrogen-bond donors (Lipinski definition) is 1. The SMILES string of the molecule is COc1ccc(C2c3[nH]c4ccccc4c3CCN2C(=O)C2=C(C)OCCO2)c(F)c1. The number of fused-ring (bicyclic) bond motifs is 3. The lowest BCUT2D eigenvalue weighted by molar-refractivity contribution is -0.135. The number of allylic oxidation sites excluding steroid dienone is 1. The fourth-order valence-corrected chi connectivity index (χ4v) is 4.49. The number of amides is 1. The number of methoxy groups -OCH3 is 1. The summed E-state index contributed by atoms with van der Waals surface area (Å²) in [6, 6.07) is 12.1. The zero-order valence-corrected chi connectivity index (χ0v) is 17.4. The third kappa shape index (κ3) is 3.21. The van der Waals surface area contributed by atoms with Crippen molar-refractivity contribution in [1.82, 2.24) is 9.88 Å². The van der Waals surface area contributed by atoms with Gasteiger partial charge < -0.3 is 24.1 Å². The molecule has 0 saturated carbocycles. The maximum Gasteiger partial charge on any atom is 0.293 e. The first-order chi connectivity index (χ1) is 15.1. The predicted octanol–water partition coefficient (Wildman–Crippen LogP) is 4.07. The molecular weight excluding hydrogens is 399 g/mol. The highest BCUT2D eigenvalue weighted by Gasteiger charge is 2.38. The number of H-pyrrole nitrogens is 1. The number of ether oxygens (including phenoxy) is 3. The Morgan fingerprint density at radius 3 is 2.77 bits per heavy atom. The number of aromatic nitrogens is 1. The molecule has 6 nitrogen and oxygen atoms in total. The first-order valence-electron chi connectivity index (χ1n) is 10.3. The molecule has 5 rings (SSSR count). The zero-order chi connectivity index (χ0) is 21.5. The van der Waals surface area contributed by atoms with Crippen molar-refractivity contribution in [3.63, 3.8) is 0 Å². The standard InChI is InChI=1S/C24H23FN2O4/c1-14-23(31-12-11-30-14)24(28)27-10-9-17-16-5-3-4-6-20(16)26-21(17)22(27)18-8-7-15(29-2)13-19(18)25/h3-8,13,22,26H,9-12H2,1-2H3. The van der Waals surface area contributed by atoms with E-state index < -0.39 is 11.9 Å². The lowest BCUT2D eigenvalue weighted by Crippen LogP contribution is -2.43. The molecule has 31 heavy (non-hydrogen) atoms. The number of halogens is 1. The molecule has 1 amide bonds. The summed E-state index contributed by atoms with van der Waals surface area (Å²) >= 11 is 0. The van der Waals surface area contributed by atoms with Gasteiger partial charge in [-0.15, -0.1) is 0 Å². The fraction of sp³-hybridized carbons (Fsp3) is 0.292. The van der Waals surface area contributed by atoms with Crippen molar-refractivity contribution in [1.29, 1.82) is 0 Å². The molecule has 3 aromatic rings. The van der Waals surface area contributed by atoms with Crippen LogP contribution in [0.25, 0.3) is 10.9 Å². The van der Waals surface area contributed by atoms with Gasteiger partial charge in [-0.2, -0.15) is 0 Å². The molecule has 0 radical (unpaired) electrons. The maximum absolute atomic E-state index is 15.2. The Labute approximate surface area is 179 Å². The normalized spacial score (nSPS) is 18.4. The van der Waals surface area contributed by atoms with Gasteiger partial charge in [0.05, 0.1) is 7.11 Å². The van der Waals surface area contributed by atoms with Gasteiger partial charge in [-0.05, 0) is 37.1 Å². The summed E-state index contributed by atoms with van der Waals surface area (Å²) in [6.45, 7) is 2.87. The van der Waals surface area contributed by atoms with Crippen molar-refractivity contribution in [2.75, 3.05) is 26.9 Å². The van der Waals surface area contributed by atoms with Crippen LogP contribution in [0, 0.1) is 5.82 Å². The number of carbonyl (C=O) groups excluding carboxylic acids is 1. The second-order valence-corrected chi connectivity index (χ2v) is 7.68. The smallest absolute Gasteiger partial charge is 0.293 e. The van der Waals surface area contributed by atoms with Crippen molar-refractivity contribution >= 4 is 16.8 Å². The number of aromatic amines is 1. The summed E-state index contributed by atoms with van der Waals surface area (Å²) < 4.78 is 31.6. The number of nitrogens with zero attached hydrogens (tertiary/aromatic N) is 1. The molecule has 1 atom stereocenters. The van der Waals surface area contributed by atoms with Crippen LogP contribution in [-0.2, 0) is 20.7 Å². The summed E-state index contributed by atoms with van der Waals surface area (Å²) in [5, 5.41) is 1.09. The Morgan fingerprint density at radius 1 is 1.19 bits per heavy atom. The average Bonchev–Trinajstić information content (AvgIpc) is 3.17. The number of nitrogens with one attached hydrogen (secondary N) is 1. The van der Waals surface area contributed by atoms with Crippen LogP contribution in [0.5, 0.6) is 5.75 Å². The van der Waals surface area contributed by atoms with Gasteiger partial charge in [-0.25, -0.2) is 4.39 Å². The topological polar surface area (TPSA) is 63.8 Å². The molecule has 160 valence electrons. The van der Waals surface area contributed by atoms with Gasteiger partial charge in [0.15, 0.2) is 0 Å². The molecule has 1 unspecified atom stereocenters. The van der Waals surface area contributed by atoms with E-state index in [4.69, 9.17) is 14.2 Å². The lowest BCUT2D eigenvalue weighted by Gasteiger charge is -2.37. The predicted molar refractivity (Wildman–Crippen MR) is 113 cm³/mol. The maximum atomic E-state index is 15.2. The molecule has 1 N–H and O–H groups in total. The van der Waals surface area contributed by atoms with Crippen LogP contribution in [-0.4, -0.2) is 42.7 Å². The molecule has 2 aromatic carbocycles. The van der Waals surface area contributed by atoms with Gasteiger partial charge in [0.2, 0.25) is 5.76 Å². The number of rotatable bonds is 3. The van der Waals surface area contributed by atoms with Crippen molar-refractivity contribution in [3.05, 3.63) is 76.6 Å². The van der Waals surface area contributed by atoms with E-state index in [9.17, 15) is 4.79 Å². The molecular formula is C24H23FN2O4. The summed E-state index contributed by atoms with van der Waals surface area (Å²) in [4.78, 5) is 18.6. The Morgan fingerprint density at radius 2 is 2.00 bits per heavy atom. The van der Waals surface area contributed by atoms with Crippen LogP contribution in [0.4, 0.5) is 4.39 Å².